The molecule has 3 heterocycles. The third kappa shape index (κ3) is 5.30. The summed E-state index contributed by atoms with van der Waals surface area (Å²) in [6, 6.07) is 13.2. The van der Waals surface area contributed by atoms with Crippen LogP contribution in [0.4, 0.5) is 4.39 Å². The lowest BCUT2D eigenvalue weighted by molar-refractivity contribution is 0.0947. The fourth-order valence-electron chi connectivity index (χ4n) is 3.84. The van der Waals surface area contributed by atoms with Gasteiger partial charge in [0.05, 0.1) is 12.1 Å². The number of nitrogens with two attached hydrogens (primary N) is 1. The van der Waals surface area contributed by atoms with Crippen LogP contribution in [0.3, 0.4) is 0 Å². The summed E-state index contributed by atoms with van der Waals surface area (Å²) in [7, 11) is 0. The van der Waals surface area contributed by atoms with Gasteiger partial charge in [0.15, 0.2) is 0 Å². The molecule has 5 rings (SSSR count). The van der Waals surface area contributed by atoms with Gasteiger partial charge in [0.25, 0.3) is 11.5 Å². The van der Waals surface area contributed by atoms with Gasteiger partial charge in [-0.2, -0.15) is 0 Å². The van der Waals surface area contributed by atoms with Crippen molar-refractivity contribution in [2.75, 3.05) is 5.75 Å². The van der Waals surface area contributed by atoms with E-state index in [0.717, 1.165) is 22.4 Å². The smallest absolute Gasteiger partial charge is 0.256 e. The molecule has 0 spiro atoms. The molecule has 2 aromatic heterocycles. The molecule has 4 aromatic rings. The predicted molar refractivity (Wildman–Crippen MR) is 138 cm³/mol. The number of nitrogens with zero attached hydrogens (tertiary/aromatic N) is 3. The van der Waals surface area contributed by atoms with Gasteiger partial charge < -0.3 is 15.6 Å². The molecule has 0 unspecified atom stereocenters. The van der Waals surface area contributed by atoms with Gasteiger partial charge in [0.1, 0.15) is 11.5 Å². The van der Waals surface area contributed by atoms with Crippen molar-refractivity contribution in [3.8, 4) is 11.3 Å². The normalized spacial score (nSPS) is 14.3. The minimum absolute atomic E-state index is 0. The molecule has 1 atom stereocenters. The van der Waals surface area contributed by atoms with Crippen LogP contribution >= 0.6 is 35.7 Å². The Morgan fingerprint density at radius 3 is 2.54 bits per heavy atom. The molecule has 0 fully saturated rings. The number of nitrogens with one attached hydrogen (secondary N) is 1. The lowest BCUT2D eigenvalue weighted by Crippen LogP contribution is -2.31. The molecule has 0 radical (unpaired) electrons. The number of rotatable bonds is 6. The van der Waals surface area contributed by atoms with E-state index in [9.17, 15) is 14.0 Å². The van der Waals surface area contributed by atoms with Crippen LogP contribution in [-0.4, -0.2) is 25.8 Å². The molecule has 0 bridgehead atoms. The fourth-order valence-corrected chi connectivity index (χ4v) is 5.51. The monoisotopic (exact) mass is 529 g/mol. The van der Waals surface area contributed by atoms with Crippen LogP contribution in [0.1, 0.15) is 33.1 Å². The van der Waals surface area contributed by atoms with Crippen molar-refractivity contribution in [1.29, 1.82) is 0 Å². The number of benzene rings is 2. The second kappa shape index (κ2) is 10.7. The topological polar surface area (TPSA) is 103 Å². The Labute approximate surface area is 215 Å². The summed E-state index contributed by atoms with van der Waals surface area (Å²) < 4.78 is 18.6. The molecular weight excluding hydrogens is 509 g/mol. The number of aromatic nitrogens is 3. The van der Waals surface area contributed by atoms with Crippen molar-refractivity contribution in [3.63, 3.8) is 0 Å². The molecule has 0 saturated heterocycles. The predicted octanol–water partition coefficient (Wildman–Crippen LogP) is 4.01. The Bertz CT molecular complexity index is 1390. The highest BCUT2D eigenvalue weighted by atomic mass is 35.5. The van der Waals surface area contributed by atoms with Crippen molar-refractivity contribution < 1.29 is 9.18 Å². The molecule has 11 heteroatoms. The van der Waals surface area contributed by atoms with E-state index in [-0.39, 0.29) is 36.2 Å². The zero-order valence-electron chi connectivity index (χ0n) is 18.3. The highest BCUT2D eigenvalue weighted by Gasteiger charge is 2.29. The van der Waals surface area contributed by atoms with Crippen LogP contribution in [0.15, 0.2) is 69.8 Å². The first kappa shape index (κ1) is 25.1. The summed E-state index contributed by atoms with van der Waals surface area (Å²) in [4.78, 5) is 26.9. The molecule has 2 aromatic carbocycles. The maximum absolute atomic E-state index is 13.2. The van der Waals surface area contributed by atoms with Crippen molar-refractivity contribution in [2.45, 2.75) is 24.0 Å². The van der Waals surface area contributed by atoms with E-state index < -0.39 is 6.04 Å². The van der Waals surface area contributed by atoms with Crippen molar-refractivity contribution in [3.05, 3.63) is 98.5 Å². The maximum atomic E-state index is 13.2. The maximum Gasteiger partial charge on any atom is 0.256 e. The van der Waals surface area contributed by atoms with Crippen molar-refractivity contribution >= 4 is 41.6 Å². The molecule has 1 amide bonds. The largest absolute Gasteiger partial charge is 0.348 e. The zero-order chi connectivity index (χ0) is 23.7. The summed E-state index contributed by atoms with van der Waals surface area (Å²) in [5, 5.41) is 8.81. The van der Waals surface area contributed by atoms with E-state index in [1.54, 1.807) is 18.3 Å². The van der Waals surface area contributed by atoms with Crippen LogP contribution in [0.25, 0.3) is 11.3 Å². The average Bonchev–Trinajstić information content (AvgIpc) is 3.51. The van der Waals surface area contributed by atoms with Crippen LogP contribution in [0, 0.1) is 5.82 Å². The van der Waals surface area contributed by atoms with Gasteiger partial charge in [-0.3, -0.25) is 9.59 Å². The van der Waals surface area contributed by atoms with Crippen molar-refractivity contribution in [1.82, 2.24) is 19.5 Å². The number of pyridine rings is 1. The number of thioether (sulfide) groups is 1. The van der Waals surface area contributed by atoms with E-state index in [0.29, 0.717) is 28.3 Å². The van der Waals surface area contributed by atoms with Gasteiger partial charge >= 0.3 is 0 Å². The van der Waals surface area contributed by atoms with E-state index >= 15 is 0 Å². The minimum Gasteiger partial charge on any atom is -0.348 e. The van der Waals surface area contributed by atoms with Gasteiger partial charge in [-0.05, 0) is 34.8 Å². The molecule has 35 heavy (non-hydrogen) atoms. The summed E-state index contributed by atoms with van der Waals surface area (Å²) in [6.45, 7) is 0.550. The first-order chi connectivity index (χ1) is 16.5. The Balaban J connectivity index is 0.00000289. The summed E-state index contributed by atoms with van der Waals surface area (Å²) in [5.74, 6) is -0.0904. The Hall–Kier alpha value is -3.05. The fraction of sp³-hybridized carbons (Fsp3) is 0.167. The number of halogens is 2. The zero-order valence-corrected chi connectivity index (χ0v) is 20.8. The SMILES string of the molecule is Cl.N[C@H]1CSc2c(C(=O)NCc3ccc(F)cc3)cn(Cc3ccc(-c4csnn4)cc3)c(=O)c21. The molecule has 1 aliphatic rings. The van der Waals surface area contributed by atoms with E-state index in [4.69, 9.17) is 5.73 Å². The van der Waals surface area contributed by atoms with E-state index in [1.807, 2.05) is 29.6 Å². The van der Waals surface area contributed by atoms with Gasteiger partial charge in [-0.15, -0.1) is 29.3 Å². The second-order valence-electron chi connectivity index (χ2n) is 7.93. The summed E-state index contributed by atoms with van der Waals surface area (Å²) >= 11 is 2.71. The van der Waals surface area contributed by atoms with Crippen LogP contribution in [0.2, 0.25) is 0 Å². The lowest BCUT2D eigenvalue weighted by atomic mass is 10.1. The molecule has 180 valence electrons. The number of hydrogen-bond acceptors (Lipinski definition) is 7. The third-order valence-corrected chi connectivity index (χ3v) is 7.38. The number of carbonyl (C=O) groups is 1. The molecule has 0 aliphatic carbocycles. The average molecular weight is 530 g/mol. The van der Waals surface area contributed by atoms with Crippen LogP contribution < -0.4 is 16.6 Å². The Morgan fingerprint density at radius 1 is 1.14 bits per heavy atom. The summed E-state index contributed by atoms with van der Waals surface area (Å²) in [5.41, 5.74) is 10.4. The third-order valence-electron chi connectivity index (χ3n) is 5.62. The molecule has 3 N–H and O–H groups in total. The van der Waals surface area contributed by atoms with E-state index in [2.05, 4.69) is 14.9 Å². The van der Waals surface area contributed by atoms with Gasteiger partial charge in [0.2, 0.25) is 0 Å². The number of carbonyl (C=O) groups excluding carboxylic acids is 1. The molecule has 0 saturated carbocycles. The van der Waals surface area contributed by atoms with Crippen LogP contribution in [0.5, 0.6) is 0 Å². The highest BCUT2D eigenvalue weighted by Crippen LogP contribution is 2.37. The molecular formula is C24H21ClFN5O2S2. The molecule has 1 aliphatic heterocycles. The highest BCUT2D eigenvalue weighted by molar-refractivity contribution is 7.99. The van der Waals surface area contributed by atoms with Gasteiger partial charge in [-0.1, -0.05) is 40.9 Å². The summed E-state index contributed by atoms with van der Waals surface area (Å²) in [6.07, 6.45) is 1.60. The number of amides is 1. The van der Waals surface area contributed by atoms with E-state index in [1.165, 1.54) is 40.0 Å². The van der Waals surface area contributed by atoms with Crippen molar-refractivity contribution in [2.24, 2.45) is 5.73 Å². The number of fused-ring (bicyclic) bond motifs is 1. The number of hydrogen-bond donors (Lipinski definition) is 2. The first-order valence-corrected chi connectivity index (χ1v) is 12.4. The first-order valence-electron chi connectivity index (χ1n) is 10.5. The quantitative estimate of drug-likeness (QED) is 0.391. The van der Waals surface area contributed by atoms with Crippen LogP contribution in [-0.2, 0) is 13.1 Å². The van der Waals surface area contributed by atoms with Gasteiger partial charge in [-0.25, -0.2) is 4.39 Å². The Kier molecular flexibility index (Phi) is 7.66. The Morgan fingerprint density at radius 2 is 1.86 bits per heavy atom. The standard InChI is InChI=1S/C24H20FN5O2S2.ClH/c25-17-7-3-14(4-8-17)9-27-23(31)18-11-30(24(32)21-19(26)12-33-22(18)21)10-15-1-5-16(6-2-15)20-13-34-29-28-20;/h1-8,11,13,19H,9-10,12,26H2,(H,27,31);1H/t19-;/m0./s1. The minimum atomic E-state index is -0.428. The second-order valence-corrected chi connectivity index (χ2v) is 9.57. The molecule has 7 nitrogen and oxygen atoms in total. The lowest BCUT2D eigenvalue weighted by Gasteiger charge is -2.15. The van der Waals surface area contributed by atoms with Gasteiger partial charge in [0, 0.05) is 45.9 Å².